The highest BCUT2D eigenvalue weighted by Crippen LogP contribution is 1.97. The summed E-state index contributed by atoms with van der Waals surface area (Å²) in [5.41, 5.74) is 0.700. The maximum Gasteiger partial charge on any atom is 0.381 e. The third-order valence-electron chi connectivity index (χ3n) is 1.23. The number of carbonyl (C=O) groups is 3. The van der Waals surface area contributed by atoms with E-state index in [0.717, 1.165) is 0 Å². The molecule has 0 saturated heterocycles. The van der Waals surface area contributed by atoms with Gasteiger partial charge in [0.2, 0.25) is 5.24 Å². The van der Waals surface area contributed by atoms with E-state index in [1.54, 1.807) is 6.92 Å². The third kappa shape index (κ3) is 16.0. The van der Waals surface area contributed by atoms with Crippen LogP contribution in [0, 0.1) is 0 Å². The van der Waals surface area contributed by atoms with Crippen LogP contribution in [0.25, 0.3) is 0 Å². The van der Waals surface area contributed by atoms with Crippen LogP contribution in [-0.2, 0) is 24.2 Å². The van der Waals surface area contributed by atoms with Crippen molar-refractivity contribution in [1.29, 1.82) is 0 Å². The van der Waals surface area contributed by atoms with Gasteiger partial charge in [-0.2, -0.15) is 0 Å². The molecular formula is C12H17ClO7. The lowest BCUT2D eigenvalue weighted by molar-refractivity contribution is -0.252. The molecule has 0 amide bonds. The minimum absolute atomic E-state index is 0.157. The molecule has 20 heavy (non-hydrogen) atoms. The summed E-state index contributed by atoms with van der Waals surface area (Å²) in [6, 6.07) is 0. The molecule has 0 radical (unpaired) electrons. The van der Waals surface area contributed by atoms with Crippen molar-refractivity contribution < 1.29 is 34.7 Å². The topological polar surface area (TPSA) is 110 Å². The van der Waals surface area contributed by atoms with Gasteiger partial charge < -0.3 is 0 Å². The van der Waals surface area contributed by atoms with Crippen molar-refractivity contribution in [2.45, 2.75) is 20.8 Å². The predicted octanol–water partition coefficient (Wildman–Crippen LogP) is 2.49. The van der Waals surface area contributed by atoms with Crippen LogP contribution in [0.2, 0.25) is 0 Å². The molecule has 0 aliphatic carbocycles. The van der Waals surface area contributed by atoms with E-state index in [1.807, 2.05) is 0 Å². The van der Waals surface area contributed by atoms with E-state index in [1.165, 1.54) is 13.8 Å². The Hall–Kier alpha value is -1.96. The number of carbonyl (C=O) groups excluding carboxylic acids is 3. The molecule has 0 aromatic carbocycles. The lowest BCUT2D eigenvalue weighted by Crippen LogP contribution is -2.11. The lowest BCUT2D eigenvalue weighted by Gasteiger charge is -2.00. The second-order valence-electron chi connectivity index (χ2n) is 3.36. The molecule has 2 N–H and O–H groups in total. The molecule has 0 fully saturated rings. The van der Waals surface area contributed by atoms with Gasteiger partial charge in [0.25, 0.3) is 0 Å². The van der Waals surface area contributed by atoms with Gasteiger partial charge in [-0.3, -0.25) is 15.3 Å². The normalized spacial score (nSPS) is 7.70. The molecule has 0 heterocycles. The molecule has 0 atom stereocenters. The molecule has 0 aromatic heterocycles. The van der Waals surface area contributed by atoms with Gasteiger partial charge in [-0.25, -0.2) is 19.4 Å². The molecule has 0 spiro atoms. The Balaban J connectivity index is -0.000000304. The highest BCUT2D eigenvalue weighted by Gasteiger charge is 2.09. The Morgan fingerprint density at radius 1 is 0.800 bits per heavy atom. The number of rotatable bonds is 3. The Morgan fingerprint density at radius 2 is 1.00 bits per heavy atom. The minimum Gasteiger partial charge on any atom is -0.276 e. The quantitative estimate of drug-likeness (QED) is 0.356. The fraction of sp³-hybridized carbons (Fsp3) is 0.250. The van der Waals surface area contributed by atoms with Crippen molar-refractivity contribution >= 4 is 28.8 Å². The molecule has 0 aliphatic heterocycles. The Bertz CT molecular complexity index is 361. The first-order valence-electron chi connectivity index (χ1n) is 4.89. The first kappa shape index (κ1) is 23.2. The second-order valence-corrected chi connectivity index (χ2v) is 3.70. The average molecular weight is 309 g/mol. The molecule has 0 bridgehead atoms. The van der Waals surface area contributed by atoms with Gasteiger partial charge in [0.15, 0.2) is 0 Å². The second kappa shape index (κ2) is 13.5. The van der Waals surface area contributed by atoms with E-state index >= 15 is 0 Å². The van der Waals surface area contributed by atoms with E-state index in [0.29, 0.717) is 5.57 Å². The summed E-state index contributed by atoms with van der Waals surface area (Å²) in [5.74, 6) is -1.55. The molecule has 8 heteroatoms. The summed E-state index contributed by atoms with van der Waals surface area (Å²) >= 11 is 4.87. The van der Waals surface area contributed by atoms with Gasteiger partial charge >= 0.3 is 11.9 Å². The summed E-state index contributed by atoms with van der Waals surface area (Å²) in [6.45, 7) is 14.3. The number of hydrogen-bond acceptors (Lipinski definition) is 7. The molecule has 7 nitrogen and oxygen atoms in total. The van der Waals surface area contributed by atoms with Gasteiger partial charge in [0.05, 0.1) is 0 Å². The molecule has 114 valence electrons. The van der Waals surface area contributed by atoms with E-state index < -0.39 is 17.2 Å². The molecule has 0 unspecified atom stereocenters. The first-order valence-corrected chi connectivity index (χ1v) is 5.26. The summed E-state index contributed by atoms with van der Waals surface area (Å²) < 4.78 is 0. The maximum atomic E-state index is 10.6. The van der Waals surface area contributed by atoms with Gasteiger partial charge in [0, 0.05) is 16.7 Å². The first-order chi connectivity index (χ1) is 9.09. The Morgan fingerprint density at radius 3 is 1.10 bits per heavy atom. The predicted molar refractivity (Wildman–Crippen MR) is 72.7 cm³/mol. The average Bonchev–Trinajstić information content (AvgIpc) is 2.38. The molecular weight excluding hydrogens is 292 g/mol. The molecule has 0 aliphatic rings. The van der Waals surface area contributed by atoms with E-state index in [2.05, 4.69) is 29.5 Å². The van der Waals surface area contributed by atoms with Crippen molar-refractivity contribution in [2.75, 3.05) is 0 Å². The van der Waals surface area contributed by atoms with Gasteiger partial charge in [-0.1, -0.05) is 19.7 Å². The van der Waals surface area contributed by atoms with Crippen LogP contribution in [0.4, 0.5) is 0 Å². The van der Waals surface area contributed by atoms with Crippen molar-refractivity contribution in [1.82, 2.24) is 0 Å². The summed E-state index contributed by atoms with van der Waals surface area (Å²) in [7, 11) is 0. The van der Waals surface area contributed by atoms with Crippen LogP contribution in [0.5, 0.6) is 0 Å². The Kier molecular flexibility index (Phi) is 15.6. The van der Waals surface area contributed by atoms with Crippen LogP contribution in [0.3, 0.4) is 0 Å². The maximum absolute atomic E-state index is 10.6. The van der Waals surface area contributed by atoms with Crippen molar-refractivity contribution in [3.8, 4) is 0 Å². The van der Waals surface area contributed by atoms with Gasteiger partial charge in [-0.05, 0) is 32.4 Å². The highest BCUT2D eigenvalue weighted by atomic mass is 35.5. The highest BCUT2D eigenvalue weighted by molar-refractivity contribution is 6.67. The molecule has 0 rings (SSSR count). The number of hydrogen-bond donors (Lipinski definition) is 2. The van der Waals surface area contributed by atoms with Gasteiger partial charge in [-0.15, -0.1) is 0 Å². The van der Waals surface area contributed by atoms with Crippen LogP contribution in [0.15, 0.2) is 36.5 Å². The smallest absolute Gasteiger partial charge is 0.276 e. The summed E-state index contributed by atoms with van der Waals surface area (Å²) in [5, 5.41) is 11.5. The molecule has 0 aromatic rings. The van der Waals surface area contributed by atoms with Crippen LogP contribution < -0.4 is 0 Å². The fourth-order valence-corrected chi connectivity index (χ4v) is 0.218. The van der Waals surface area contributed by atoms with E-state index in [4.69, 9.17) is 22.1 Å². The number of allylic oxidation sites excluding steroid dienone is 1. The zero-order chi connectivity index (χ0) is 16.9. The third-order valence-corrected chi connectivity index (χ3v) is 1.55. The standard InChI is InChI=1S/C8H10O4.C4H5ClO.H2O2/c1-5(2)7(9)11-12-8(10)6(3)4;1-3(2)4(5)6;1-2/h1,3H2,2,4H3;1H2,2H3;1-2H. The minimum atomic E-state index is -0.774. The monoisotopic (exact) mass is 308 g/mol. The van der Waals surface area contributed by atoms with E-state index in [-0.39, 0.29) is 11.1 Å². The fourth-order valence-electron chi connectivity index (χ4n) is 0.218. The zero-order valence-corrected chi connectivity index (χ0v) is 12.2. The van der Waals surface area contributed by atoms with Crippen molar-refractivity contribution in [3.05, 3.63) is 36.5 Å². The Labute approximate surface area is 121 Å². The zero-order valence-electron chi connectivity index (χ0n) is 11.4. The van der Waals surface area contributed by atoms with Crippen LogP contribution in [-0.4, -0.2) is 27.7 Å². The SMILES string of the molecule is C=C(C)C(=O)Cl.C=C(C)C(=O)OOC(=O)C(=C)C.OO. The van der Waals surface area contributed by atoms with Crippen molar-refractivity contribution in [2.24, 2.45) is 0 Å². The number of halogens is 1. The largest absolute Gasteiger partial charge is 0.381 e. The van der Waals surface area contributed by atoms with Crippen LogP contribution in [0.1, 0.15) is 20.8 Å². The lowest BCUT2D eigenvalue weighted by atomic mass is 10.4. The van der Waals surface area contributed by atoms with Crippen LogP contribution >= 0.6 is 11.6 Å². The molecule has 0 saturated carbocycles. The summed E-state index contributed by atoms with van der Waals surface area (Å²) in [4.78, 5) is 39.2. The van der Waals surface area contributed by atoms with Crippen molar-refractivity contribution in [3.63, 3.8) is 0 Å². The van der Waals surface area contributed by atoms with Gasteiger partial charge in [0.1, 0.15) is 0 Å². The summed E-state index contributed by atoms with van der Waals surface area (Å²) in [6.07, 6.45) is 0. The van der Waals surface area contributed by atoms with E-state index in [9.17, 15) is 14.4 Å².